The number of benzene rings is 1. The molecular formula is C12H10ClN3. The van der Waals surface area contributed by atoms with E-state index in [2.05, 4.69) is 9.98 Å². The van der Waals surface area contributed by atoms with E-state index in [4.69, 9.17) is 17.3 Å². The number of anilines is 1. The van der Waals surface area contributed by atoms with Crippen molar-refractivity contribution in [2.45, 2.75) is 0 Å². The average Bonchev–Trinajstić information content (AvgIpc) is 2.30. The summed E-state index contributed by atoms with van der Waals surface area (Å²) in [6.45, 7) is 0. The maximum Gasteiger partial charge on any atom is 0.0813 e. The Labute approximate surface area is 98.6 Å². The van der Waals surface area contributed by atoms with Crippen LogP contribution in [0.1, 0.15) is 5.56 Å². The standard InChI is InChI=1S/C12H10ClN3/c13-11-4-1-5-12(14)10(11)8-16-9-3-2-6-15-7-9/h1-8H,14H2/b16-8+. The zero-order chi connectivity index (χ0) is 11.4. The Kier molecular flexibility index (Phi) is 3.17. The first kappa shape index (κ1) is 10.6. The summed E-state index contributed by atoms with van der Waals surface area (Å²) in [5, 5.41) is 0.590. The molecule has 2 aromatic rings. The van der Waals surface area contributed by atoms with Gasteiger partial charge in [0.25, 0.3) is 0 Å². The van der Waals surface area contributed by atoms with Crippen LogP contribution in [0.15, 0.2) is 47.7 Å². The fourth-order valence-electron chi connectivity index (χ4n) is 1.26. The minimum absolute atomic E-state index is 0.590. The number of hydrogen-bond acceptors (Lipinski definition) is 3. The van der Waals surface area contributed by atoms with Crippen molar-refractivity contribution in [3.05, 3.63) is 53.3 Å². The molecule has 3 nitrogen and oxygen atoms in total. The van der Waals surface area contributed by atoms with Gasteiger partial charge in [-0.3, -0.25) is 9.98 Å². The van der Waals surface area contributed by atoms with E-state index < -0.39 is 0 Å². The second-order valence-electron chi connectivity index (χ2n) is 3.21. The summed E-state index contributed by atoms with van der Waals surface area (Å²) in [4.78, 5) is 8.21. The Hall–Kier alpha value is -1.87. The lowest BCUT2D eigenvalue weighted by Gasteiger charge is -2.01. The first-order valence-electron chi connectivity index (χ1n) is 4.75. The molecule has 0 atom stereocenters. The lowest BCUT2D eigenvalue weighted by Crippen LogP contribution is -1.93. The molecule has 0 aliphatic carbocycles. The van der Waals surface area contributed by atoms with Gasteiger partial charge in [0.05, 0.1) is 16.9 Å². The zero-order valence-electron chi connectivity index (χ0n) is 8.47. The molecule has 1 heterocycles. The normalized spacial score (nSPS) is 10.8. The van der Waals surface area contributed by atoms with Crippen LogP contribution < -0.4 is 5.73 Å². The highest BCUT2D eigenvalue weighted by Gasteiger charge is 2.00. The summed E-state index contributed by atoms with van der Waals surface area (Å²) < 4.78 is 0. The maximum absolute atomic E-state index is 6.01. The van der Waals surface area contributed by atoms with Crippen LogP contribution >= 0.6 is 11.6 Å². The summed E-state index contributed by atoms with van der Waals surface area (Å²) >= 11 is 6.01. The monoisotopic (exact) mass is 231 g/mol. The van der Waals surface area contributed by atoms with E-state index >= 15 is 0 Å². The maximum atomic E-state index is 6.01. The molecule has 0 aliphatic rings. The average molecular weight is 232 g/mol. The highest BCUT2D eigenvalue weighted by Crippen LogP contribution is 2.20. The molecule has 1 aromatic heterocycles. The Morgan fingerprint density at radius 2 is 2.12 bits per heavy atom. The van der Waals surface area contributed by atoms with E-state index in [1.54, 1.807) is 36.8 Å². The van der Waals surface area contributed by atoms with Crippen LogP contribution in [-0.4, -0.2) is 11.2 Å². The molecule has 0 amide bonds. The summed E-state index contributed by atoms with van der Waals surface area (Å²) in [5.74, 6) is 0. The Morgan fingerprint density at radius 1 is 1.25 bits per heavy atom. The Bertz CT molecular complexity index is 489. The van der Waals surface area contributed by atoms with Gasteiger partial charge in [-0.05, 0) is 24.3 Å². The molecular weight excluding hydrogens is 222 g/mol. The van der Waals surface area contributed by atoms with Gasteiger partial charge in [-0.25, -0.2) is 0 Å². The zero-order valence-corrected chi connectivity index (χ0v) is 9.22. The highest BCUT2D eigenvalue weighted by atomic mass is 35.5. The summed E-state index contributed by atoms with van der Waals surface area (Å²) in [5.41, 5.74) is 7.90. The van der Waals surface area contributed by atoms with Gasteiger partial charge in [0.15, 0.2) is 0 Å². The van der Waals surface area contributed by atoms with Crippen LogP contribution in [0.3, 0.4) is 0 Å². The minimum Gasteiger partial charge on any atom is -0.398 e. The molecule has 2 N–H and O–H groups in total. The fraction of sp³-hybridized carbons (Fsp3) is 0. The molecule has 0 saturated carbocycles. The summed E-state index contributed by atoms with van der Waals surface area (Å²) in [6.07, 6.45) is 5.01. The number of nitrogen functional groups attached to an aromatic ring is 1. The van der Waals surface area contributed by atoms with Gasteiger partial charge < -0.3 is 5.73 Å². The summed E-state index contributed by atoms with van der Waals surface area (Å²) in [6, 6.07) is 9.05. The number of nitrogens with two attached hydrogens (primary N) is 1. The third-order valence-electron chi connectivity index (χ3n) is 2.08. The van der Waals surface area contributed by atoms with Crippen molar-refractivity contribution in [2.75, 3.05) is 5.73 Å². The molecule has 0 saturated heterocycles. The topological polar surface area (TPSA) is 51.3 Å². The van der Waals surface area contributed by atoms with Crippen LogP contribution in [0.5, 0.6) is 0 Å². The van der Waals surface area contributed by atoms with E-state index in [1.165, 1.54) is 0 Å². The largest absolute Gasteiger partial charge is 0.398 e. The van der Waals surface area contributed by atoms with E-state index in [0.717, 1.165) is 11.3 Å². The van der Waals surface area contributed by atoms with Crippen LogP contribution in [0.25, 0.3) is 0 Å². The first-order chi connectivity index (χ1) is 7.77. The number of aromatic nitrogens is 1. The van der Waals surface area contributed by atoms with Gasteiger partial charge in [0.1, 0.15) is 0 Å². The van der Waals surface area contributed by atoms with Crippen LogP contribution in [-0.2, 0) is 0 Å². The molecule has 4 heteroatoms. The number of rotatable bonds is 2. The Morgan fingerprint density at radius 3 is 2.81 bits per heavy atom. The predicted molar refractivity (Wildman–Crippen MR) is 67.4 cm³/mol. The Balaban J connectivity index is 2.31. The number of hydrogen-bond donors (Lipinski definition) is 1. The van der Waals surface area contributed by atoms with Gasteiger partial charge >= 0.3 is 0 Å². The molecule has 0 spiro atoms. The van der Waals surface area contributed by atoms with Gasteiger partial charge in [0, 0.05) is 23.7 Å². The third-order valence-corrected chi connectivity index (χ3v) is 2.40. The number of pyridine rings is 1. The number of halogens is 1. The smallest absolute Gasteiger partial charge is 0.0813 e. The van der Waals surface area contributed by atoms with Crippen molar-refractivity contribution in [3.63, 3.8) is 0 Å². The van der Waals surface area contributed by atoms with Gasteiger partial charge in [-0.2, -0.15) is 0 Å². The van der Waals surface area contributed by atoms with Crippen molar-refractivity contribution >= 4 is 29.2 Å². The highest BCUT2D eigenvalue weighted by molar-refractivity contribution is 6.33. The second-order valence-corrected chi connectivity index (χ2v) is 3.62. The lowest BCUT2D eigenvalue weighted by atomic mass is 10.2. The van der Waals surface area contributed by atoms with E-state index in [9.17, 15) is 0 Å². The van der Waals surface area contributed by atoms with Gasteiger partial charge in [0.2, 0.25) is 0 Å². The lowest BCUT2D eigenvalue weighted by molar-refractivity contribution is 1.31. The van der Waals surface area contributed by atoms with Crippen molar-refractivity contribution in [1.29, 1.82) is 0 Å². The molecule has 1 aromatic carbocycles. The first-order valence-corrected chi connectivity index (χ1v) is 5.13. The molecule has 16 heavy (non-hydrogen) atoms. The van der Waals surface area contributed by atoms with Crippen molar-refractivity contribution in [3.8, 4) is 0 Å². The van der Waals surface area contributed by atoms with E-state index in [0.29, 0.717) is 10.7 Å². The summed E-state index contributed by atoms with van der Waals surface area (Å²) in [7, 11) is 0. The molecule has 0 fully saturated rings. The van der Waals surface area contributed by atoms with Gasteiger partial charge in [-0.1, -0.05) is 17.7 Å². The molecule has 0 radical (unpaired) electrons. The fourth-order valence-corrected chi connectivity index (χ4v) is 1.49. The quantitative estimate of drug-likeness (QED) is 0.638. The minimum atomic E-state index is 0.590. The molecule has 0 bridgehead atoms. The van der Waals surface area contributed by atoms with Crippen molar-refractivity contribution in [1.82, 2.24) is 4.98 Å². The van der Waals surface area contributed by atoms with Gasteiger partial charge in [-0.15, -0.1) is 0 Å². The van der Waals surface area contributed by atoms with Crippen molar-refractivity contribution in [2.24, 2.45) is 4.99 Å². The SMILES string of the molecule is Nc1cccc(Cl)c1/C=N/c1cccnc1. The molecule has 80 valence electrons. The molecule has 2 rings (SSSR count). The van der Waals surface area contributed by atoms with Crippen LogP contribution in [0.2, 0.25) is 5.02 Å². The van der Waals surface area contributed by atoms with Crippen molar-refractivity contribution < 1.29 is 0 Å². The van der Waals surface area contributed by atoms with Crippen LogP contribution in [0, 0.1) is 0 Å². The number of aliphatic imine (C=N–C) groups is 1. The number of nitrogens with zero attached hydrogens (tertiary/aromatic N) is 2. The van der Waals surface area contributed by atoms with Crippen LogP contribution in [0.4, 0.5) is 11.4 Å². The van der Waals surface area contributed by atoms with E-state index in [1.807, 2.05) is 12.1 Å². The molecule has 0 unspecified atom stereocenters. The second kappa shape index (κ2) is 4.77. The van der Waals surface area contributed by atoms with E-state index in [-0.39, 0.29) is 0 Å². The predicted octanol–water partition coefficient (Wildman–Crippen LogP) is 3.07. The molecule has 0 aliphatic heterocycles. The third kappa shape index (κ3) is 2.38.